The number of hydrogen-bond acceptors (Lipinski definition) is 4. The maximum absolute atomic E-state index is 12.3. The van der Waals surface area contributed by atoms with Gasteiger partial charge in [-0.1, -0.05) is 12.8 Å². The standard InChI is InChI=1S/C12H21N3O3S/c13-9-5-12(16)15(6-9)10-7-14(8-10)19(17,18)11-3-1-2-4-11/h9-11H,1-8,13H2. The number of carbonyl (C=O) groups excluding carboxylic acids is 1. The second-order valence-electron chi connectivity index (χ2n) is 5.93. The molecule has 6 nitrogen and oxygen atoms in total. The van der Waals surface area contributed by atoms with Crippen molar-refractivity contribution in [3.05, 3.63) is 0 Å². The normalized spacial score (nSPS) is 31.1. The minimum absolute atomic E-state index is 0.0391. The van der Waals surface area contributed by atoms with Gasteiger partial charge < -0.3 is 10.6 Å². The van der Waals surface area contributed by atoms with E-state index < -0.39 is 10.0 Å². The quantitative estimate of drug-likeness (QED) is 0.758. The van der Waals surface area contributed by atoms with Crippen molar-refractivity contribution < 1.29 is 13.2 Å². The number of carbonyl (C=O) groups is 1. The van der Waals surface area contributed by atoms with Gasteiger partial charge in [0.15, 0.2) is 0 Å². The topological polar surface area (TPSA) is 83.7 Å². The molecule has 2 saturated heterocycles. The van der Waals surface area contributed by atoms with Gasteiger partial charge in [0, 0.05) is 32.1 Å². The molecule has 3 rings (SSSR count). The van der Waals surface area contributed by atoms with Gasteiger partial charge in [-0.05, 0) is 12.8 Å². The highest BCUT2D eigenvalue weighted by molar-refractivity contribution is 7.89. The zero-order chi connectivity index (χ0) is 13.6. The molecule has 3 aliphatic rings. The summed E-state index contributed by atoms with van der Waals surface area (Å²) in [5.41, 5.74) is 5.76. The monoisotopic (exact) mass is 287 g/mol. The Kier molecular flexibility index (Phi) is 3.31. The minimum Gasteiger partial charge on any atom is -0.335 e. The Morgan fingerprint density at radius 3 is 2.26 bits per heavy atom. The molecular formula is C12H21N3O3S. The van der Waals surface area contributed by atoms with E-state index in [0.717, 1.165) is 25.7 Å². The first kappa shape index (κ1) is 13.3. The Balaban J connectivity index is 1.59. The molecule has 0 radical (unpaired) electrons. The highest BCUT2D eigenvalue weighted by atomic mass is 32.2. The molecule has 0 bridgehead atoms. The molecule has 1 aliphatic carbocycles. The number of amides is 1. The first-order valence-electron chi connectivity index (χ1n) is 7.02. The van der Waals surface area contributed by atoms with Gasteiger partial charge in [-0.25, -0.2) is 8.42 Å². The number of nitrogens with two attached hydrogens (primary N) is 1. The van der Waals surface area contributed by atoms with Crippen molar-refractivity contribution in [2.45, 2.75) is 49.4 Å². The molecule has 2 N–H and O–H groups in total. The molecule has 2 aliphatic heterocycles. The summed E-state index contributed by atoms with van der Waals surface area (Å²) in [4.78, 5) is 13.5. The Bertz CT molecular complexity index is 467. The van der Waals surface area contributed by atoms with Crippen molar-refractivity contribution in [1.29, 1.82) is 0 Å². The number of nitrogens with zero attached hydrogens (tertiary/aromatic N) is 2. The molecule has 0 spiro atoms. The van der Waals surface area contributed by atoms with Crippen LogP contribution in [0.1, 0.15) is 32.1 Å². The van der Waals surface area contributed by atoms with Crippen LogP contribution in [0.3, 0.4) is 0 Å². The van der Waals surface area contributed by atoms with Crippen LogP contribution in [0.25, 0.3) is 0 Å². The van der Waals surface area contributed by atoms with Crippen LogP contribution in [0.4, 0.5) is 0 Å². The summed E-state index contributed by atoms with van der Waals surface area (Å²) in [7, 11) is -3.13. The summed E-state index contributed by atoms with van der Waals surface area (Å²) < 4.78 is 26.2. The molecule has 1 amide bonds. The van der Waals surface area contributed by atoms with Crippen molar-refractivity contribution in [3.8, 4) is 0 Å². The SMILES string of the molecule is NC1CC(=O)N(C2CN(S(=O)(=O)C3CCCC3)C2)C1. The molecule has 108 valence electrons. The lowest BCUT2D eigenvalue weighted by molar-refractivity contribution is -0.131. The van der Waals surface area contributed by atoms with Crippen molar-refractivity contribution >= 4 is 15.9 Å². The fourth-order valence-corrected chi connectivity index (χ4v) is 5.44. The molecule has 1 saturated carbocycles. The molecule has 0 aromatic carbocycles. The fourth-order valence-electron chi connectivity index (χ4n) is 3.33. The highest BCUT2D eigenvalue weighted by Gasteiger charge is 2.45. The van der Waals surface area contributed by atoms with Crippen LogP contribution < -0.4 is 5.73 Å². The third kappa shape index (κ3) is 2.28. The third-order valence-electron chi connectivity index (χ3n) is 4.54. The minimum atomic E-state index is -3.13. The average molecular weight is 287 g/mol. The summed E-state index contributed by atoms with van der Waals surface area (Å²) >= 11 is 0. The van der Waals surface area contributed by atoms with E-state index in [4.69, 9.17) is 5.73 Å². The van der Waals surface area contributed by atoms with E-state index in [1.807, 2.05) is 0 Å². The summed E-state index contributed by atoms with van der Waals surface area (Å²) in [6, 6.07) is -0.0507. The van der Waals surface area contributed by atoms with Gasteiger partial charge in [-0.3, -0.25) is 4.79 Å². The molecule has 3 fully saturated rings. The second-order valence-corrected chi connectivity index (χ2v) is 8.15. The van der Waals surface area contributed by atoms with Crippen LogP contribution >= 0.6 is 0 Å². The van der Waals surface area contributed by atoms with Crippen molar-refractivity contribution in [3.63, 3.8) is 0 Å². The van der Waals surface area contributed by atoms with E-state index in [9.17, 15) is 13.2 Å². The van der Waals surface area contributed by atoms with Crippen LogP contribution in [0.2, 0.25) is 0 Å². The summed E-state index contributed by atoms with van der Waals surface area (Å²) in [5.74, 6) is 0.0652. The lowest BCUT2D eigenvalue weighted by Gasteiger charge is -2.44. The largest absolute Gasteiger partial charge is 0.335 e. The summed E-state index contributed by atoms with van der Waals surface area (Å²) in [5, 5.41) is -0.190. The number of likely N-dealkylation sites (tertiary alicyclic amines) is 1. The summed E-state index contributed by atoms with van der Waals surface area (Å²) in [6.07, 6.45) is 4.00. The van der Waals surface area contributed by atoms with Crippen LogP contribution in [0, 0.1) is 0 Å². The van der Waals surface area contributed by atoms with E-state index in [-0.39, 0.29) is 23.2 Å². The predicted octanol–water partition coefficient (Wildman–Crippen LogP) is -0.497. The van der Waals surface area contributed by atoms with E-state index in [1.54, 1.807) is 9.21 Å². The van der Waals surface area contributed by atoms with E-state index in [1.165, 1.54) is 0 Å². The first-order chi connectivity index (χ1) is 8.98. The zero-order valence-corrected chi connectivity index (χ0v) is 11.8. The van der Waals surface area contributed by atoms with Crippen molar-refractivity contribution in [2.75, 3.05) is 19.6 Å². The van der Waals surface area contributed by atoms with Crippen LogP contribution in [0.5, 0.6) is 0 Å². The van der Waals surface area contributed by atoms with E-state index >= 15 is 0 Å². The van der Waals surface area contributed by atoms with E-state index in [0.29, 0.717) is 26.1 Å². The fraction of sp³-hybridized carbons (Fsp3) is 0.917. The highest BCUT2D eigenvalue weighted by Crippen LogP contribution is 2.31. The predicted molar refractivity (Wildman–Crippen MR) is 70.8 cm³/mol. The van der Waals surface area contributed by atoms with E-state index in [2.05, 4.69) is 0 Å². The molecule has 1 unspecified atom stereocenters. The number of rotatable bonds is 3. The van der Waals surface area contributed by atoms with Crippen molar-refractivity contribution in [1.82, 2.24) is 9.21 Å². The van der Waals surface area contributed by atoms with Gasteiger partial charge in [0.05, 0.1) is 11.3 Å². The smallest absolute Gasteiger partial charge is 0.224 e. The zero-order valence-electron chi connectivity index (χ0n) is 11.0. The van der Waals surface area contributed by atoms with Gasteiger partial charge in [-0.2, -0.15) is 4.31 Å². The van der Waals surface area contributed by atoms with Gasteiger partial charge in [0.2, 0.25) is 15.9 Å². The molecular weight excluding hydrogens is 266 g/mol. The maximum atomic E-state index is 12.3. The lowest BCUT2D eigenvalue weighted by Crippen LogP contribution is -2.62. The molecule has 1 atom stereocenters. The maximum Gasteiger partial charge on any atom is 0.224 e. The lowest BCUT2D eigenvalue weighted by atomic mass is 10.1. The molecule has 0 aromatic rings. The van der Waals surface area contributed by atoms with Crippen LogP contribution in [-0.4, -0.2) is 60.5 Å². The van der Waals surface area contributed by atoms with Gasteiger partial charge in [0.1, 0.15) is 0 Å². The molecule has 19 heavy (non-hydrogen) atoms. The summed E-state index contributed by atoms with van der Waals surface area (Å²) in [6.45, 7) is 1.48. The molecule has 7 heteroatoms. The van der Waals surface area contributed by atoms with Gasteiger partial charge in [-0.15, -0.1) is 0 Å². The average Bonchev–Trinajstić information content (AvgIpc) is 2.86. The Hall–Kier alpha value is -0.660. The Labute approximate surface area is 114 Å². The first-order valence-corrected chi connectivity index (χ1v) is 8.53. The van der Waals surface area contributed by atoms with Crippen LogP contribution in [-0.2, 0) is 14.8 Å². The number of sulfonamides is 1. The van der Waals surface area contributed by atoms with Crippen molar-refractivity contribution in [2.24, 2.45) is 5.73 Å². The van der Waals surface area contributed by atoms with Crippen LogP contribution in [0.15, 0.2) is 0 Å². The molecule has 2 heterocycles. The third-order valence-corrected chi connectivity index (χ3v) is 6.87. The Morgan fingerprint density at radius 1 is 1.11 bits per heavy atom. The second kappa shape index (κ2) is 4.71. The Morgan fingerprint density at radius 2 is 1.74 bits per heavy atom. The van der Waals surface area contributed by atoms with Gasteiger partial charge in [0.25, 0.3) is 0 Å². The number of hydrogen-bond donors (Lipinski definition) is 1. The van der Waals surface area contributed by atoms with Gasteiger partial charge >= 0.3 is 0 Å². The molecule has 0 aromatic heterocycles.